The van der Waals surface area contributed by atoms with Crippen molar-refractivity contribution in [2.24, 2.45) is 5.92 Å². The zero-order valence-corrected chi connectivity index (χ0v) is 19.1. The smallest absolute Gasteiger partial charge is 0.341 e. The number of aryl methyl sites for hydroxylation is 3. The number of amides is 1. The molecule has 11 heteroatoms. The summed E-state index contributed by atoms with van der Waals surface area (Å²) < 4.78 is 42.8. The quantitative estimate of drug-likeness (QED) is 0.609. The fourth-order valence-corrected chi connectivity index (χ4v) is 5.71. The van der Waals surface area contributed by atoms with E-state index in [-0.39, 0.29) is 29.7 Å². The number of ether oxygens (including phenoxy) is 1. The van der Waals surface area contributed by atoms with Gasteiger partial charge in [-0.3, -0.25) is 4.79 Å². The Morgan fingerprint density at radius 2 is 2.00 bits per heavy atom. The number of rotatable bonds is 6. The molecule has 2 aromatic rings. The number of nitrogens with zero attached hydrogens (tertiary/aromatic N) is 3. The van der Waals surface area contributed by atoms with Gasteiger partial charge in [0.15, 0.2) is 5.76 Å². The van der Waals surface area contributed by atoms with Crippen LogP contribution in [0.25, 0.3) is 0 Å². The highest BCUT2D eigenvalue weighted by Crippen LogP contribution is 2.28. The molecule has 3 heterocycles. The van der Waals surface area contributed by atoms with Gasteiger partial charge in [-0.2, -0.15) is 4.31 Å². The molecule has 31 heavy (non-hydrogen) atoms. The van der Waals surface area contributed by atoms with E-state index in [4.69, 9.17) is 13.7 Å². The molecule has 0 saturated carbocycles. The van der Waals surface area contributed by atoms with Crippen LogP contribution < -0.4 is 0 Å². The fourth-order valence-electron chi connectivity index (χ4n) is 3.89. The van der Waals surface area contributed by atoms with Gasteiger partial charge in [0.1, 0.15) is 27.7 Å². The van der Waals surface area contributed by atoms with Crippen LogP contribution in [0.3, 0.4) is 0 Å². The number of hydrogen-bond donors (Lipinski definition) is 0. The molecule has 170 valence electrons. The van der Waals surface area contributed by atoms with Crippen LogP contribution in [0.5, 0.6) is 0 Å². The first-order valence-corrected chi connectivity index (χ1v) is 11.4. The number of sulfonamides is 1. The van der Waals surface area contributed by atoms with Crippen LogP contribution in [-0.2, 0) is 26.1 Å². The Kier molecular flexibility index (Phi) is 6.56. The zero-order valence-electron chi connectivity index (χ0n) is 18.3. The number of carbonyl (C=O) groups excluding carboxylic acids is 2. The first-order chi connectivity index (χ1) is 14.6. The highest BCUT2D eigenvalue weighted by atomic mass is 32.2. The van der Waals surface area contributed by atoms with E-state index >= 15 is 0 Å². The molecule has 1 aliphatic rings. The maximum absolute atomic E-state index is 13.1. The van der Waals surface area contributed by atoms with Gasteiger partial charge >= 0.3 is 5.97 Å². The maximum atomic E-state index is 13.1. The SMILES string of the molecule is COC(=O)c1cc(CN(C)C(=O)C2CCCN(S(=O)(=O)c3c(C)noc3C)C2)oc1C. The van der Waals surface area contributed by atoms with Crippen LogP contribution in [0.15, 0.2) is 19.9 Å². The molecule has 0 bridgehead atoms. The van der Waals surface area contributed by atoms with Gasteiger partial charge in [0.2, 0.25) is 15.9 Å². The summed E-state index contributed by atoms with van der Waals surface area (Å²) in [5.74, 6) is -0.0779. The fraction of sp³-hybridized carbons (Fsp3) is 0.550. The summed E-state index contributed by atoms with van der Waals surface area (Å²) >= 11 is 0. The monoisotopic (exact) mass is 453 g/mol. The highest BCUT2D eigenvalue weighted by Gasteiger charge is 2.37. The summed E-state index contributed by atoms with van der Waals surface area (Å²) in [7, 11) is -0.897. The molecule has 3 rings (SSSR count). The van der Waals surface area contributed by atoms with E-state index in [9.17, 15) is 18.0 Å². The number of piperidine rings is 1. The van der Waals surface area contributed by atoms with E-state index in [1.807, 2.05) is 0 Å². The predicted molar refractivity (Wildman–Crippen MR) is 109 cm³/mol. The minimum Gasteiger partial charge on any atom is -0.465 e. The number of carbonyl (C=O) groups is 2. The molecule has 2 aromatic heterocycles. The Hall–Kier alpha value is -2.66. The van der Waals surface area contributed by atoms with Crippen molar-refractivity contribution in [3.63, 3.8) is 0 Å². The Morgan fingerprint density at radius 3 is 2.61 bits per heavy atom. The van der Waals surface area contributed by atoms with Crippen molar-refractivity contribution in [1.29, 1.82) is 0 Å². The van der Waals surface area contributed by atoms with E-state index in [1.54, 1.807) is 33.9 Å². The van der Waals surface area contributed by atoms with Crippen LogP contribution >= 0.6 is 0 Å². The molecule has 0 N–H and O–H groups in total. The Balaban J connectivity index is 1.71. The van der Waals surface area contributed by atoms with E-state index < -0.39 is 21.9 Å². The average Bonchev–Trinajstić information content (AvgIpc) is 3.28. The normalized spacial score (nSPS) is 17.5. The lowest BCUT2D eigenvalue weighted by atomic mass is 9.98. The van der Waals surface area contributed by atoms with Crippen LogP contribution in [0.1, 0.15) is 46.2 Å². The van der Waals surface area contributed by atoms with Gasteiger partial charge in [-0.15, -0.1) is 0 Å². The molecule has 10 nitrogen and oxygen atoms in total. The molecule has 0 aromatic carbocycles. The second kappa shape index (κ2) is 8.83. The van der Waals surface area contributed by atoms with Gasteiger partial charge in [0, 0.05) is 20.1 Å². The Morgan fingerprint density at radius 1 is 1.29 bits per heavy atom. The summed E-state index contributed by atoms with van der Waals surface area (Å²) in [6.45, 7) is 5.36. The second-order valence-corrected chi connectivity index (χ2v) is 9.60. The third-order valence-electron chi connectivity index (χ3n) is 5.44. The minimum absolute atomic E-state index is 0.0651. The molecule has 0 aliphatic carbocycles. The van der Waals surface area contributed by atoms with Gasteiger partial charge in [-0.25, -0.2) is 13.2 Å². The third kappa shape index (κ3) is 4.52. The third-order valence-corrected chi connectivity index (χ3v) is 7.55. The molecule has 1 aliphatic heterocycles. The number of esters is 1. The summed E-state index contributed by atoms with van der Waals surface area (Å²) in [5.41, 5.74) is 0.616. The topological polar surface area (TPSA) is 123 Å². The maximum Gasteiger partial charge on any atom is 0.341 e. The molecule has 1 saturated heterocycles. The van der Waals surface area contributed by atoms with Crippen LogP contribution in [0.4, 0.5) is 0 Å². The molecular weight excluding hydrogens is 426 g/mol. The van der Waals surface area contributed by atoms with Gasteiger partial charge in [0.25, 0.3) is 0 Å². The van der Waals surface area contributed by atoms with E-state index in [0.29, 0.717) is 42.2 Å². The lowest BCUT2D eigenvalue weighted by molar-refractivity contribution is -0.136. The molecular formula is C20H27N3O7S. The van der Waals surface area contributed by atoms with Crippen LogP contribution in [0.2, 0.25) is 0 Å². The Bertz CT molecular complexity index is 1070. The van der Waals surface area contributed by atoms with Crippen molar-refractivity contribution < 1.29 is 31.7 Å². The number of furan rings is 1. The van der Waals surface area contributed by atoms with E-state index in [0.717, 1.165) is 0 Å². The van der Waals surface area contributed by atoms with Crippen molar-refractivity contribution in [2.45, 2.75) is 45.1 Å². The van der Waals surface area contributed by atoms with Gasteiger partial charge in [0.05, 0.1) is 19.6 Å². The van der Waals surface area contributed by atoms with Crippen LogP contribution in [0, 0.1) is 26.7 Å². The molecule has 1 fully saturated rings. The Labute approximate surface area is 181 Å². The standard InChI is InChI=1S/C20H27N3O7S/c1-12-18(14(3)30-21-12)31(26,27)23-8-6-7-15(10-23)19(24)22(4)11-16-9-17(13(2)29-16)20(25)28-5/h9,15H,6-8,10-11H2,1-5H3. The number of hydrogen-bond acceptors (Lipinski definition) is 8. The van der Waals surface area contributed by atoms with Gasteiger partial charge in [-0.1, -0.05) is 5.16 Å². The molecule has 1 amide bonds. The minimum atomic E-state index is -3.81. The predicted octanol–water partition coefficient (Wildman–Crippen LogP) is 2.04. The first-order valence-electron chi connectivity index (χ1n) is 9.91. The van der Waals surface area contributed by atoms with Crippen molar-refractivity contribution in [1.82, 2.24) is 14.4 Å². The number of methoxy groups -OCH3 is 1. The first kappa shape index (κ1) is 23.0. The van der Waals surface area contributed by atoms with Gasteiger partial charge in [-0.05, 0) is 39.7 Å². The average molecular weight is 454 g/mol. The van der Waals surface area contributed by atoms with E-state index in [1.165, 1.54) is 16.3 Å². The van der Waals surface area contributed by atoms with Crippen molar-refractivity contribution >= 4 is 21.9 Å². The van der Waals surface area contributed by atoms with E-state index in [2.05, 4.69) is 5.16 Å². The second-order valence-electron chi connectivity index (χ2n) is 7.72. The summed E-state index contributed by atoms with van der Waals surface area (Å²) in [4.78, 5) is 26.3. The number of aromatic nitrogens is 1. The van der Waals surface area contributed by atoms with Crippen molar-refractivity contribution in [2.75, 3.05) is 27.2 Å². The lowest BCUT2D eigenvalue weighted by Crippen LogP contribution is -2.45. The summed E-state index contributed by atoms with van der Waals surface area (Å²) in [5, 5.41) is 3.73. The molecule has 1 atom stereocenters. The highest BCUT2D eigenvalue weighted by molar-refractivity contribution is 7.89. The van der Waals surface area contributed by atoms with Crippen molar-refractivity contribution in [3.05, 3.63) is 34.6 Å². The summed E-state index contributed by atoms with van der Waals surface area (Å²) in [6, 6.07) is 1.56. The molecule has 0 radical (unpaired) electrons. The molecule has 0 spiro atoms. The lowest BCUT2D eigenvalue weighted by Gasteiger charge is -2.33. The van der Waals surface area contributed by atoms with Crippen LogP contribution in [-0.4, -0.2) is 61.9 Å². The van der Waals surface area contributed by atoms with Crippen molar-refractivity contribution in [3.8, 4) is 0 Å². The largest absolute Gasteiger partial charge is 0.465 e. The zero-order chi connectivity index (χ0) is 22.9. The van der Waals surface area contributed by atoms with Gasteiger partial charge < -0.3 is 18.6 Å². The molecule has 1 unspecified atom stereocenters. The summed E-state index contributed by atoms with van der Waals surface area (Å²) in [6.07, 6.45) is 1.15.